The second kappa shape index (κ2) is 13.2. The molecule has 4 N–H and O–H groups in total. The summed E-state index contributed by atoms with van der Waals surface area (Å²) in [4.78, 5) is 25.3. The molecule has 0 aliphatic heterocycles. The molecule has 0 atom stereocenters. The maximum absolute atomic E-state index is 13.1. The van der Waals surface area contributed by atoms with E-state index in [9.17, 15) is 35.2 Å². The highest BCUT2D eigenvalue weighted by molar-refractivity contribution is 7.93. The van der Waals surface area contributed by atoms with Gasteiger partial charge in [-0.05, 0) is 121 Å². The van der Waals surface area contributed by atoms with Crippen LogP contribution in [0.15, 0.2) is 131 Å². The van der Waals surface area contributed by atoms with Gasteiger partial charge in [-0.15, -0.1) is 0 Å². The molecule has 0 aliphatic rings. The first-order chi connectivity index (χ1) is 21.9. The molecule has 5 rings (SSSR count). The molecule has 0 saturated heterocycles. The average Bonchev–Trinajstić information content (AvgIpc) is 3.03. The van der Waals surface area contributed by atoms with Gasteiger partial charge in [0.2, 0.25) is 0 Å². The van der Waals surface area contributed by atoms with Crippen molar-refractivity contribution in [2.75, 3.05) is 20.1 Å². The van der Waals surface area contributed by atoms with Gasteiger partial charge in [0.05, 0.1) is 9.79 Å². The number of sulfonamides is 2. The van der Waals surface area contributed by atoms with Gasteiger partial charge in [-0.25, -0.2) is 25.6 Å². The molecule has 2 amide bonds. The molecular formula is C32H24F2N4O6S2. The molecule has 5 aromatic rings. The van der Waals surface area contributed by atoms with E-state index in [0.29, 0.717) is 11.4 Å². The molecule has 0 unspecified atom stereocenters. The van der Waals surface area contributed by atoms with E-state index in [0.717, 1.165) is 24.3 Å². The smallest absolute Gasteiger partial charge is 0.261 e. The van der Waals surface area contributed by atoms with Crippen molar-refractivity contribution in [3.05, 3.63) is 144 Å². The zero-order chi connectivity index (χ0) is 32.9. The fourth-order valence-electron chi connectivity index (χ4n) is 4.08. The highest BCUT2D eigenvalue weighted by Crippen LogP contribution is 2.21. The summed E-state index contributed by atoms with van der Waals surface area (Å²) in [5, 5.41) is 5.30. The van der Waals surface area contributed by atoms with E-state index in [-0.39, 0.29) is 32.3 Å². The maximum Gasteiger partial charge on any atom is 0.261 e. The van der Waals surface area contributed by atoms with Crippen LogP contribution in [0.25, 0.3) is 0 Å². The van der Waals surface area contributed by atoms with Crippen LogP contribution in [0.5, 0.6) is 0 Å². The van der Waals surface area contributed by atoms with E-state index in [1.54, 1.807) is 0 Å². The highest BCUT2D eigenvalue weighted by atomic mass is 32.2. The van der Waals surface area contributed by atoms with Crippen molar-refractivity contribution in [2.24, 2.45) is 0 Å². The van der Waals surface area contributed by atoms with Crippen molar-refractivity contribution in [3.8, 4) is 0 Å². The molecule has 0 fully saturated rings. The van der Waals surface area contributed by atoms with E-state index in [4.69, 9.17) is 0 Å². The number of rotatable bonds is 10. The van der Waals surface area contributed by atoms with E-state index < -0.39 is 43.5 Å². The Labute approximate surface area is 263 Å². The van der Waals surface area contributed by atoms with Gasteiger partial charge in [0.25, 0.3) is 31.9 Å². The minimum Gasteiger partial charge on any atom is -0.322 e. The lowest BCUT2D eigenvalue weighted by atomic mass is 10.1. The maximum atomic E-state index is 13.1. The molecule has 0 saturated carbocycles. The molecule has 0 aliphatic carbocycles. The Morgan fingerprint density at radius 1 is 0.413 bits per heavy atom. The highest BCUT2D eigenvalue weighted by Gasteiger charge is 2.17. The fourth-order valence-corrected chi connectivity index (χ4v) is 6.20. The Bertz CT molecular complexity index is 1940. The largest absolute Gasteiger partial charge is 0.322 e. The van der Waals surface area contributed by atoms with Crippen molar-refractivity contribution >= 4 is 54.6 Å². The summed E-state index contributed by atoms with van der Waals surface area (Å²) < 4.78 is 81.3. The molecule has 234 valence electrons. The van der Waals surface area contributed by atoms with E-state index in [1.807, 2.05) is 0 Å². The summed E-state index contributed by atoms with van der Waals surface area (Å²) in [6, 6.07) is 26.3. The first-order valence-corrected chi connectivity index (χ1v) is 16.3. The van der Waals surface area contributed by atoms with Gasteiger partial charge < -0.3 is 10.6 Å². The van der Waals surface area contributed by atoms with Crippen molar-refractivity contribution in [1.82, 2.24) is 0 Å². The van der Waals surface area contributed by atoms with Crippen LogP contribution >= 0.6 is 0 Å². The lowest BCUT2D eigenvalue weighted by Crippen LogP contribution is -2.15. The number of halogens is 2. The van der Waals surface area contributed by atoms with Gasteiger partial charge in [0, 0.05) is 33.9 Å². The van der Waals surface area contributed by atoms with Crippen molar-refractivity contribution in [1.29, 1.82) is 0 Å². The second-order valence-electron chi connectivity index (χ2n) is 9.76. The first kappa shape index (κ1) is 31.8. The number of nitrogens with one attached hydrogen (secondary N) is 4. The van der Waals surface area contributed by atoms with Crippen LogP contribution in [0.2, 0.25) is 0 Å². The van der Waals surface area contributed by atoms with Gasteiger partial charge in [-0.2, -0.15) is 0 Å². The van der Waals surface area contributed by atoms with E-state index in [1.165, 1.54) is 97.1 Å². The van der Waals surface area contributed by atoms with Gasteiger partial charge in [-0.1, -0.05) is 0 Å². The predicted octanol–water partition coefficient (Wildman–Crippen LogP) is 6.07. The molecule has 0 bridgehead atoms. The molecule has 46 heavy (non-hydrogen) atoms. The first-order valence-electron chi connectivity index (χ1n) is 13.4. The lowest BCUT2D eigenvalue weighted by Gasteiger charge is -2.10. The minimum absolute atomic E-state index is 0.0666. The van der Waals surface area contributed by atoms with Gasteiger partial charge in [0.15, 0.2) is 0 Å². The van der Waals surface area contributed by atoms with Crippen LogP contribution in [0, 0.1) is 11.6 Å². The number of hydrogen-bond donors (Lipinski definition) is 4. The van der Waals surface area contributed by atoms with E-state index >= 15 is 0 Å². The second-order valence-corrected chi connectivity index (χ2v) is 13.1. The summed E-state index contributed by atoms with van der Waals surface area (Å²) in [6.07, 6.45) is 0. The predicted molar refractivity (Wildman–Crippen MR) is 170 cm³/mol. The number of carbonyl (C=O) groups excluding carboxylic acids is 2. The molecule has 10 nitrogen and oxygen atoms in total. The van der Waals surface area contributed by atoms with Crippen molar-refractivity contribution in [2.45, 2.75) is 9.79 Å². The van der Waals surface area contributed by atoms with Crippen molar-refractivity contribution < 1.29 is 35.2 Å². The van der Waals surface area contributed by atoms with Crippen LogP contribution in [0.1, 0.15) is 20.7 Å². The lowest BCUT2D eigenvalue weighted by molar-refractivity contribution is 0.101. The normalized spacial score (nSPS) is 11.3. The monoisotopic (exact) mass is 662 g/mol. The van der Waals surface area contributed by atoms with Crippen LogP contribution in [0.3, 0.4) is 0 Å². The SMILES string of the molecule is O=C(Nc1ccc(S(=O)(=O)Nc2ccc(F)cc2)cc1)c1ccc(C(=O)Nc2ccc(S(=O)(=O)Nc3ccc(F)cc3)cc2)cc1. The third-order valence-electron chi connectivity index (χ3n) is 6.45. The zero-order valence-electron chi connectivity index (χ0n) is 23.6. The van der Waals surface area contributed by atoms with E-state index in [2.05, 4.69) is 20.1 Å². The van der Waals surface area contributed by atoms with Crippen LogP contribution in [0.4, 0.5) is 31.5 Å². The Balaban J connectivity index is 1.16. The van der Waals surface area contributed by atoms with Crippen molar-refractivity contribution in [3.63, 3.8) is 0 Å². The summed E-state index contributed by atoms with van der Waals surface area (Å²) in [7, 11) is -7.89. The third-order valence-corrected chi connectivity index (χ3v) is 9.24. The number of benzene rings is 5. The Kier molecular flexibility index (Phi) is 9.11. The third kappa shape index (κ3) is 7.91. The number of hydrogen-bond acceptors (Lipinski definition) is 6. The topological polar surface area (TPSA) is 151 Å². The van der Waals surface area contributed by atoms with Crippen LogP contribution in [-0.2, 0) is 20.0 Å². The number of carbonyl (C=O) groups is 2. The standard InChI is InChI=1S/C32H24F2N4O6S2/c33-23-5-9-27(10-6-23)37-45(41,42)29-17-13-25(14-18-29)35-31(39)21-1-2-22(4-3-21)32(40)36-26-15-19-30(20-16-26)46(43,44)38-28-11-7-24(34)8-12-28/h1-20,37-38H,(H,35,39)(H,36,40). The molecule has 14 heteroatoms. The number of anilines is 4. The Hall–Kier alpha value is -5.60. The van der Waals surface area contributed by atoms with Gasteiger partial charge in [-0.3, -0.25) is 19.0 Å². The summed E-state index contributed by atoms with van der Waals surface area (Å²) >= 11 is 0. The molecule has 5 aromatic carbocycles. The Morgan fingerprint density at radius 3 is 1.00 bits per heavy atom. The molecule has 0 aromatic heterocycles. The van der Waals surface area contributed by atoms with Gasteiger partial charge >= 0.3 is 0 Å². The molecular weight excluding hydrogens is 639 g/mol. The molecule has 0 radical (unpaired) electrons. The quantitative estimate of drug-likeness (QED) is 0.143. The summed E-state index contributed by atoms with van der Waals surface area (Å²) in [5.74, 6) is -2.01. The van der Waals surface area contributed by atoms with Crippen LogP contribution < -0.4 is 20.1 Å². The fraction of sp³-hybridized carbons (Fsp3) is 0. The molecule has 0 spiro atoms. The minimum atomic E-state index is -3.94. The average molecular weight is 663 g/mol. The zero-order valence-corrected chi connectivity index (χ0v) is 25.2. The summed E-state index contributed by atoms with van der Waals surface area (Å²) in [6.45, 7) is 0. The Morgan fingerprint density at radius 2 is 0.696 bits per heavy atom. The summed E-state index contributed by atoms with van der Waals surface area (Å²) in [5.41, 5.74) is 1.49. The number of amides is 2. The molecule has 0 heterocycles. The van der Waals surface area contributed by atoms with Gasteiger partial charge in [0.1, 0.15) is 11.6 Å². The van der Waals surface area contributed by atoms with Crippen LogP contribution in [-0.4, -0.2) is 28.6 Å².